The molecular formula is C32H39N3O6. The van der Waals surface area contributed by atoms with Crippen LogP contribution >= 0.6 is 0 Å². The number of piperidine rings is 1. The Morgan fingerprint density at radius 2 is 1.83 bits per heavy atom. The average molecular weight is 562 g/mol. The van der Waals surface area contributed by atoms with Gasteiger partial charge in [0, 0.05) is 49.6 Å². The van der Waals surface area contributed by atoms with Crippen LogP contribution in [0, 0.1) is 18.8 Å². The molecule has 41 heavy (non-hydrogen) atoms. The van der Waals surface area contributed by atoms with Gasteiger partial charge in [0.15, 0.2) is 11.4 Å². The highest BCUT2D eigenvalue weighted by molar-refractivity contribution is 6.00. The number of rotatable bonds is 9. The van der Waals surface area contributed by atoms with Crippen molar-refractivity contribution in [2.45, 2.75) is 71.8 Å². The van der Waals surface area contributed by atoms with Crippen LogP contribution in [-0.2, 0) is 22.6 Å². The first-order chi connectivity index (χ1) is 19.8. The van der Waals surface area contributed by atoms with Crippen molar-refractivity contribution in [1.29, 1.82) is 0 Å². The lowest BCUT2D eigenvalue weighted by Crippen LogP contribution is -2.38. The number of hydrogen-bond donors (Lipinski definition) is 1. The van der Waals surface area contributed by atoms with Crippen molar-refractivity contribution in [2.24, 2.45) is 11.8 Å². The molecule has 3 aromatic rings. The fourth-order valence-electron chi connectivity index (χ4n) is 6.29. The first kappa shape index (κ1) is 28.6. The number of carbonyl (C=O) groups is 3. The Bertz CT molecular complexity index is 1510. The number of nitrogens with one attached hydrogen (secondary N) is 1. The maximum absolute atomic E-state index is 12.9. The summed E-state index contributed by atoms with van der Waals surface area (Å²) >= 11 is 0. The number of methoxy groups -OCH3 is 1. The van der Waals surface area contributed by atoms with Crippen molar-refractivity contribution in [3.63, 3.8) is 0 Å². The van der Waals surface area contributed by atoms with Gasteiger partial charge < -0.3 is 19.4 Å². The quantitative estimate of drug-likeness (QED) is 0.363. The highest BCUT2D eigenvalue weighted by Gasteiger charge is 2.28. The number of anilines is 1. The van der Waals surface area contributed by atoms with Crippen LogP contribution in [0.1, 0.15) is 73.4 Å². The van der Waals surface area contributed by atoms with E-state index in [9.17, 15) is 19.2 Å². The normalized spacial score (nSPS) is 17.7. The van der Waals surface area contributed by atoms with Gasteiger partial charge in [-0.15, -0.1) is 0 Å². The van der Waals surface area contributed by atoms with Gasteiger partial charge in [0.25, 0.3) is 0 Å². The van der Waals surface area contributed by atoms with Gasteiger partial charge in [0.2, 0.25) is 11.8 Å². The van der Waals surface area contributed by atoms with Crippen LogP contribution in [0.15, 0.2) is 39.5 Å². The molecule has 0 spiro atoms. The minimum atomic E-state index is -0.432. The van der Waals surface area contributed by atoms with Crippen molar-refractivity contribution in [2.75, 3.05) is 25.5 Å². The van der Waals surface area contributed by atoms with Crippen LogP contribution in [0.4, 0.5) is 5.69 Å². The predicted octanol–water partition coefficient (Wildman–Crippen LogP) is 5.11. The molecule has 1 aromatic heterocycles. The lowest BCUT2D eigenvalue weighted by atomic mass is 9.86. The van der Waals surface area contributed by atoms with Crippen molar-refractivity contribution in [3.05, 3.63) is 57.6 Å². The lowest BCUT2D eigenvalue weighted by Gasteiger charge is -2.32. The zero-order valence-corrected chi connectivity index (χ0v) is 24.2. The molecule has 2 aliphatic heterocycles. The second-order valence-electron chi connectivity index (χ2n) is 11.3. The molecule has 2 amide bonds. The molecule has 1 fully saturated rings. The monoisotopic (exact) mass is 561 g/mol. The molecule has 9 heteroatoms. The number of amides is 2. The zero-order chi connectivity index (χ0) is 29.1. The van der Waals surface area contributed by atoms with Gasteiger partial charge >= 0.3 is 5.76 Å². The number of oxazole rings is 1. The number of ether oxygens (including phenoxy) is 1. The maximum atomic E-state index is 12.9. The first-order valence-electron chi connectivity index (χ1n) is 14.7. The Labute approximate surface area is 239 Å². The fourth-order valence-corrected chi connectivity index (χ4v) is 6.29. The smallest absolute Gasteiger partial charge is 0.419 e. The van der Waals surface area contributed by atoms with Crippen LogP contribution in [-0.4, -0.2) is 47.3 Å². The molecule has 1 saturated heterocycles. The average Bonchev–Trinajstić information content (AvgIpc) is 3.22. The van der Waals surface area contributed by atoms with Crippen LogP contribution in [0.3, 0.4) is 0 Å². The van der Waals surface area contributed by atoms with E-state index >= 15 is 0 Å². The van der Waals surface area contributed by atoms with Gasteiger partial charge in [-0.3, -0.25) is 19.0 Å². The van der Waals surface area contributed by atoms with Crippen LogP contribution in [0.2, 0.25) is 0 Å². The molecule has 5 rings (SSSR count). The number of benzene rings is 2. The Morgan fingerprint density at radius 1 is 1.05 bits per heavy atom. The van der Waals surface area contributed by atoms with E-state index in [1.54, 1.807) is 23.8 Å². The highest BCUT2D eigenvalue weighted by atomic mass is 16.5. The summed E-state index contributed by atoms with van der Waals surface area (Å²) in [5.74, 6) is 0.788. The van der Waals surface area contributed by atoms with E-state index in [4.69, 9.17) is 9.15 Å². The largest absolute Gasteiger partial charge is 0.497 e. The second-order valence-corrected chi connectivity index (χ2v) is 11.3. The fraction of sp³-hybridized carbons (Fsp3) is 0.500. The minimum Gasteiger partial charge on any atom is -0.497 e. The maximum Gasteiger partial charge on any atom is 0.419 e. The van der Waals surface area contributed by atoms with Crippen LogP contribution < -0.4 is 15.8 Å². The van der Waals surface area contributed by atoms with Crippen molar-refractivity contribution >= 4 is 34.4 Å². The number of hydrogen-bond acceptors (Lipinski definition) is 6. The summed E-state index contributed by atoms with van der Waals surface area (Å²) in [5, 5.41) is 3.09. The van der Waals surface area contributed by atoms with Crippen LogP contribution in [0.5, 0.6) is 5.75 Å². The summed E-state index contributed by atoms with van der Waals surface area (Å²) < 4.78 is 12.2. The van der Waals surface area contributed by atoms with Gasteiger partial charge in [-0.2, -0.15) is 0 Å². The molecule has 2 aromatic carbocycles. The van der Waals surface area contributed by atoms with Gasteiger partial charge in [-0.1, -0.05) is 0 Å². The van der Waals surface area contributed by atoms with Gasteiger partial charge in [0.1, 0.15) is 5.75 Å². The molecule has 0 radical (unpaired) electrons. The van der Waals surface area contributed by atoms with E-state index in [-0.39, 0.29) is 36.4 Å². The molecule has 0 aliphatic carbocycles. The van der Waals surface area contributed by atoms with Crippen LogP contribution in [0.25, 0.3) is 11.1 Å². The van der Waals surface area contributed by atoms with E-state index in [1.165, 1.54) is 0 Å². The number of carbonyl (C=O) groups excluding carboxylic acids is 3. The van der Waals surface area contributed by atoms with E-state index in [0.717, 1.165) is 61.1 Å². The number of aromatic nitrogens is 1. The Hall–Kier alpha value is -3.88. The molecular weight excluding hydrogens is 522 g/mol. The third-order valence-corrected chi connectivity index (χ3v) is 8.75. The number of nitrogens with zero attached hydrogens (tertiary/aromatic N) is 2. The number of fused-ring (bicyclic) bond motifs is 2. The van der Waals surface area contributed by atoms with Crippen molar-refractivity contribution < 1.29 is 23.5 Å². The summed E-state index contributed by atoms with van der Waals surface area (Å²) in [6.45, 7) is 5.58. The standard InChI is InChI=1S/C32H39N3O6/c1-4-35-30-20(2)17-24(19-28(30)41-32(35)39)27(36)11-12-29(37)34-15-13-21(14-16-34)5-6-22-7-8-23-18-25(40-3)9-10-26(23)33-31(22)38/h9-10,17-19,21-22H,4-8,11-16H2,1-3H3,(H,33,38). The highest BCUT2D eigenvalue weighted by Crippen LogP contribution is 2.32. The summed E-state index contributed by atoms with van der Waals surface area (Å²) in [6, 6.07) is 9.17. The number of ketones is 1. The molecule has 0 saturated carbocycles. The Balaban J connectivity index is 1.07. The molecule has 1 N–H and O–H groups in total. The summed E-state index contributed by atoms with van der Waals surface area (Å²) in [5.41, 5.74) is 4.37. The van der Waals surface area contributed by atoms with Crippen molar-refractivity contribution in [1.82, 2.24) is 9.47 Å². The molecule has 2 aliphatic rings. The zero-order valence-electron chi connectivity index (χ0n) is 24.2. The van der Waals surface area contributed by atoms with Gasteiger partial charge in [0.05, 0.1) is 12.6 Å². The van der Waals surface area contributed by atoms with E-state index in [2.05, 4.69) is 5.32 Å². The third kappa shape index (κ3) is 6.24. The first-order valence-corrected chi connectivity index (χ1v) is 14.7. The molecule has 218 valence electrons. The Morgan fingerprint density at radius 3 is 2.56 bits per heavy atom. The minimum absolute atomic E-state index is 0.00499. The molecule has 3 heterocycles. The lowest BCUT2D eigenvalue weighted by molar-refractivity contribution is -0.132. The van der Waals surface area contributed by atoms with E-state index < -0.39 is 5.76 Å². The second kappa shape index (κ2) is 12.3. The predicted molar refractivity (Wildman–Crippen MR) is 156 cm³/mol. The number of Topliss-reactive ketones (excluding diaryl/α,β-unsaturated/α-hetero) is 1. The summed E-state index contributed by atoms with van der Waals surface area (Å²) in [4.78, 5) is 52.6. The molecule has 9 nitrogen and oxygen atoms in total. The topological polar surface area (TPSA) is 111 Å². The molecule has 0 bridgehead atoms. The SMILES string of the molecule is CCn1c(=O)oc2cc(C(=O)CCC(=O)N3CCC(CCC4CCc5cc(OC)ccc5NC4=O)CC3)cc(C)c21. The number of aryl methyl sites for hydroxylation is 3. The number of likely N-dealkylation sites (tertiary alicyclic amines) is 1. The van der Waals surface area contributed by atoms with E-state index in [1.807, 2.05) is 36.9 Å². The third-order valence-electron chi connectivity index (χ3n) is 8.75. The molecule has 1 unspecified atom stereocenters. The van der Waals surface area contributed by atoms with Crippen molar-refractivity contribution in [3.8, 4) is 5.75 Å². The Kier molecular flexibility index (Phi) is 8.61. The van der Waals surface area contributed by atoms with Gasteiger partial charge in [-0.25, -0.2) is 4.79 Å². The van der Waals surface area contributed by atoms with Gasteiger partial charge in [-0.05, 0) is 99.7 Å². The summed E-state index contributed by atoms with van der Waals surface area (Å²) in [6.07, 6.45) is 5.58. The summed E-state index contributed by atoms with van der Waals surface area (Å²) in [7, 11) is 1.65. The molecule has 1 atom stereocenters. The van der Waals surface area contributed by atoms with E-state index in [0.29, 0.717) is 42.2 Å².